The molecule has 1 aromatic rings. The van der Waals surface area contributed by atoms with Crippen LogP contribution < -0.4 is 0 Å². The molecule has 3 heteroatoms. The van der Waals surface area contributed by atoms with Crippen molar-refractivity contribution in [2.45, 2.75) is 26.7 Å². The third kappa shape index (κ3) is 2.72. The fourth-order valence-corrected chi connectivity index (χ4v) is 2.38. The van der Waals surface area contributed by atoms with Crippen LogP contribution in [0.3, 0.4) is 0 Å². The van der Waals surface area contributed by atoms with E-state index in [4.69, 9.17) is 0 Å². The first kappa shape index (κ1) is 12.2. The number of ketones is 1. The molecule has 0 aliphatic carbocycles. The number of Topliss-reactive ketones (excluding diaryl/α,β-unsaturated/α-hetero) is 1. The molecule has 2 nitrogen and oxygen atoms in total. The van der Waals surface area contributed by atoms with E-state index in [0.29, 0.717) is 12.1 Å². The summed E-state index contributed by atoms with van der Waals surface area (Å²) in [5.74, 6) is -0.462. The van der Waals surface area contributed by atoms with Gasteiger partial charge >= 0.3 is 0 Å². The Morgan fingerprint density at radius 1 is 1.29 bits per heavy atom. The van der Waals surface area contributed by atoms with Crippen molar-refractivity contribution in [3.05, 3.63) is 34.6 Å². The molecular weight excluding hydrogens is 217 g/mol. The zero-order valence-electron chi connectivity index (χ0n) is 10.4. The minimum Gasteiger partial charge on any atom is -0.296 e. The molecule has 0 spiro atoms. The highest BCUT2D eigenvalue weighted by Crippen LogP contribution is 2.17. The lowest BCUT2D eigenvalue weighted by Gasteiger charge is -2.14. The summed E-state index contributed by atoms with van der Waals surface area (Å²) in [6.07, 6.45) is 2.28. The van der Waals surface area contributed by atoms with Crippen LogP contribution in [0.5, 0.6) is 0 Å². The second kappa shape index (κ2) is 4.96. The Morgan fingerprint density at radius 2 is 1.94 bits per heavy atom. The van der Waals surface area contributed by atoms with E-state index in [1.54, 1.807) is 19.1 Å². The maximum atomic E-state index is 13.9. The van der Waals surface area contributed by atoms with Gasteiger partial charge in [0.2, 0.25) is 0 Å². The number of aryl methyl sites for hydroxylation is 2. The van der Waals surface area contributed by atoms with Gasteiger partial charge < -0.3 is 0 Å². The summed E-state index contributed by atoms with van der Waals surface area (Å²) in [7, 11) is 0. The summed E-state index contributed by atoms with van der Waals surface area (Å²) in [4.78, 5) is 14.1. The summed E-state index contributed by atoms with van der Waals surface area (Å²) < 4.78 is 13.9. The van der Waals surface area contributed by atoms with Crippen LogP contribution in [-0.2, 0) is 0 Å². The average molecular weight is 235 g/mol. The molecule has 0 unspecified atom stereocenters. The molecule has 0 radical (unpaired) electrons. The van der Waals surface area contributed by atoms with Crippen LogP contribution in [0.1, 0.15) is 34.3 Å². The SMILES string of the molecule is Cc1cc(C)c(F)c(C(=O)CN2CCCC2)c1. The molecule has 0 N–H and O–H groups in total. The highest BCUT2D eigenvalue weighted by atomic mass is 19.1. The van der Waals surface area contributed by atoms with E-state index >= 15 is 0 Å². The Bertz CT molecular complexity index is 436. The van der Waals surface area contributed by atoms with Gasteiger partial charge in [-0.25, -0.2) is 4.39 Å². The van der Waals surface area contributed by atoms with Gasteiger partial charge in [0.1, 0.15) is 5.82 Å². The molecule has 0 saturated carbocycles. The highest BCUT2D eigenvalue weighted by molar-refractivity contribution is 5.98. The number of carbonyl (C=O) groups is 1. The molecule has 1 aliphatic rings. The monoisotopic (exact) mass is 235 g/mol. The first-order chi connectivity index (χ1) is 8.08. The van der Waals surface area contributed by atoms with Crippen LogP contribution in [-0.4, -0.2) is 30.3 Å². The number of rotatable bonds is 3. The normalized spacial score (nSPS) is 16.4. The Hall–Kier alpha value is -1.22. The second-order valence-corrected chi connectivity index (χ2v) is 4.85. The lowest BCUT2D eigenvalue weighted by molar-refractivity contribution is 0.0941. The van der Waals surface area contributed by atoms with Crippen molar-refractivity contribution in [1.82, 2.24) is 4.90 Å². The fourth-order valence-electron chi connectivity index (χ4n) is 2.38. The summed E-state index contributed by atoms with van der Waals surface area (Å²) in [6.45, 7) is 5.85. The topological polar surface area (TPSA) is 20.3 Å². The number of hydrogen-bond donors (Lipinski definition) is 0. The van der Waals surface area contributed by atoms with Crippen LogP contribution >= 0.6 is 0 Å². The van der Waals surface area contributed by atoms with Crippen LogP contribution in [0.4, 0.5) is 4.39 Å². The van der Waals surface area contributed by atoms with Crippen molar-refractivity contribution in [3.8, 4) is 0 Å². The van der Waals surface area contributed by atoms with Gasteiger partial charge in [-0.1, -0.05) is 6.07 Å². The van der Waals surface area contributed by atoms with Crippen molar-refractivity contribution in [2.75, 3.05) is 19.6 Å². The van der Waals surface area contributed by atoms with Gasteiger partial charge in [-0.05, 0) is 57.0 Å². The molecule has 1 heterocycles. The van der Waals surface area contributed by atoms with Crippen molar-refractivity contribution in [3.63, 3.8) is 0 Å². The highest BCUT2D eigenvalue weighted by Gasteiger charge is 2.19. The van der Waals surface area contributed by atoms with E-state index in [9.17, 15) is 9.18 Å². The van der Waals surface area contributed by atoms with Gasteiger partial charge in [0.15, 0.2) is 5.78 Å². The van der Waals surface area contributed by atoms with E-state index in [0.717, 1.165) is 31.5 Å². The summed E-state index contributed by atoms with van der Waals surface area (Å²) in [6, 6.07) is 3.42. The van der Waals surface area contributed by atoms with Crippen molar-refractivity contribution in [2.24, 2.45) is 0 Å². The van der Waals surface area contributed by atoms with Gasteiger partial charge in [-0.3, -0.25) is 9.69 Å². The molecular formula is C14H18FNO. The molecule has 2 rings (SSSR count). The maximum Gasteiger partial charge on any atom is 0.179 e. The predicted octanol–water partition coefficient (Wildman–Crippen LogP) is 2.72. The molecule has 1 aromatic carbocycles. The molecule has 0 atom stereocenters. The van der Waals surface area contributed by atoms with Gasteiger partial charge in [-0.15, -0.1) is 0 Å². The van der Waals surface area contributed by atoms with E-state index in [1.807, 2.05) is 6.92 Å². The maximum absolute atomic E-state index is 13.9. The zero-order valence-corrected chi connectivity index (χ0v) is 10.4. The van der Waals surface area contributed by atoms with E-state index < -0.39 is 0 Å². The molecule has 92 valence electrons. The van der Waals surface area contributed by atoms with Gasteiger partial charge in [0.25, 0.3) is 0 Å². The molecule has 1 fully saturated rings. The number of carbonyl (C=O) groups excluding carboxylic acids is 1. The second-order valence-electron chi connectivity index (χ2n) is 4.85. The lowest BCUT2D eigenvalue weighted by atomic mass is 10.0. The molecule has 17 heavy (non-hydrogen) atoms. The van der Waals surface area contributed by atoms with Crippen molar-refractivity contribution < 1.29 is 9.18 Å². The number of benzene rings is 1. The van der Waals surface area contributed by atoms with Gasteiger partial charge in [0.05, 0.1) is 12.1 Å². The third-order valence-electron chi connectivity index (χ3n) is 3.27. The smallest absolute Gasteiger partial charge is 0.179 e. The van der Waals surface area contributed by atoms with Crippen LogP contribution in [0, 0.1) is 19.7 Å². The number of halogens is 1. The Labute approximate surface area is 101 Å². The molecule has 1 aliphatic heterocycles. The Kier molecular flexibility index (Phi) is 3.57. The minimum absolute atomic E-state index is 0.101. The lowest BCUT2D eigenvalue weighted by Crippen LogP contribution is -2.27. The van der Waals surface area contributed by atoms with Crippen molar-refractivity contribution in [1.29, 1.82) is 0 Å². The summed E-state index contributed by atoms with van der Waals surface area (Å²) in [5, 5.41) is 0. The predicted molar refractivity (Wildman–Crippen MR) is 65.9 cm³/mol. The summed E-state index contributed by atoms with van der Waals surface area (Å²) in [5.41, 5.74) is 1.73. The number of likely N-dealkylation sites (tertiary alicyclic amines) is 1. The van der Waals surface area contributed by atoms with Crippen LogP contribution in [0.25, 0.3) is 0 Å². The fraction of sp³-hybridized carbons (Fsp3) is 0.500. The molecule has 0 aromatic heterocycles. The molecule has 1 saturated heterocycles. The molecule has 0 amide bonds. The van der Waals surface area contributed by atoms with Crippen LogP contribution in [0.15, 0.2) is 12.1 Å². The quantitative estimate of drug-likeness (QED) is 0.751. The standard InChI is InChI=1S/C14H18FNO/c1-10-7-11(2)14(15)12(8-10)13(17)9-16-5-3-4-6-16/h7-8H,3-6,9H2,1-2H3. The Balaban J connectivity index is 2.18. The van der Waals surface area contributed by atoms with Crippen LogP contribution in [0.2, 0.25) is 0 Å². The van der Waals surface area contributed by atoms with Crippen molar-refractivity contribution >= 4 is 5.78 Å². The summed E-state index contributed by atoms with van der Waals surface area (Å²) >= 11 is 0. The first-order valence-corrected chi connectivity index (χ1v) is 6.10. The van der Waals surface area contributed by atoms with E-state index in [2.05, 4.69) is 4.90 Å². The zero-order chi connectivity index (χ0) is 12.4. The van der Waals surface area contributed by atoms with Gasteiger partial charge in [0, 0.05) is 0 Å². The average Bonchev–Trinajstić information content (AvgIpc) is 2.76. The first-order valence-electron chi connectivity index (χ1n) is 6.10. The Morgan fingerprint density at radius 3 is 2.59 bits per heavy atom. The minimum atomic E-state index is -0.361. The van der Waals surface area contributed by atoms with E-state index in [1.165, 1.54) is 0 Å². The number of hydrogen-bond acceptors (Lipinski definition) is 2. The van der Waals surface area contributed by atoms with E-state index in [-0.39, 0.29) is 17.2 Å². The largest absolute Gasteiger partial charge is 0.296 e. The van der Waals surface area contributed by atoms with Gasteiger partial charge in [-0.2, -0.15) is 0 Å². The molecule has 0 bridgehead atoms. The number of nitrogens with zero attached hydrogens (tertiary/aromatic N) is 1. The third-order valence-corrected chi connectivity index (χ3v) is 3.27.